The highest BCUT2D eigenvalue weighted by Gasteiger charge is 2.20. The van der Waals surface area contributed by atoms with Gasteiger partial charge in [-0.2, -0.15) is 0 Å². The normalized spacial score (nSPS) is 12.8. The molecule has 21 heavy (non-hydrogen) atoms. The fourth-order valence-corrected chi connectivity index (χ4v) is 2.83. The van der Waals surface area contributed by atoms with Gasteiger partial charge in [0.25, 0.3) is 0 Å². The second-order valence-electron chi connectivity index (χ2n) is 4.86. The molecule has 2 aromatic carbocycles. The van der Waals surface area contributed by atoms with Gasteiger partial charge in [0.05, 0.1) is 0 Å². The average Bonchev–Trinajstić information content (AvgIpc) is 2.89. The van der Waals surface area contributed by atoms with Crippen molar-refractivity contribution in [3.8, 4) is 0 Å². The van der Waals surface area contributed by atoms with E-state index in [1.165, 1.54) is 6.07 Å². The average molecular weight is 349 g/mol. The predicted octanol–water partition coefficient (Wildman–Crippen LogP) is 4.20. The van der Waals surface area contributed by atoms with E-state index in [1.54, 1.807) is 6.07 Å². The summed E-state index contributed by atoms with van der Waals surface area (Å²) in [4.78, 5) is 0. The molecule has 108 valence electrons. The maximum atomic E-state index is 13.8. The minimum Gasteiger partial charge on any atom is -0.456 e. The Hall–Kier alpha value is -1.69. The zero-order valence-corrected chi connectivity index (χ0v) is 12.9. The van der Waals surface area contributed by atoms with E-state index in [-0.39, 0.29) is 17.4 Å². The summed E-state index contributed by atoms with van der Waals surface area (Å²) in [6.07, 6.45) is 0. The molecule has 0 spiro atoms. The SMILES string of the molecule is Cc1c(Br)cccc1C(NN)c1cc2cccc(F)c2o1. The maximum Gasteiger partial charge on any atom is 0.169 e. The number of halogens is 2. The number of hydrogen-bond acceptors (Lipinski definition) is 3. The summed E-state index contributed by atoms with van der Waals surface area (Å²) in [5.41, 5.74) is 5.03. The highest BCUT2D eigenvalue weighted by molar-refractivity contribution is 9.10. The molecule has 0 aliphatic carbocycles. The smallest absolute Gasteiger partial charge is 0.169 e. The Kier molecular flexibility index (Phi) is 3.80. The summed E-state index contributed by atoms with van der Waals surface area (Å²) < 4.78 is 20.4. The van der Waals surface area contributed by atoms with Gasteiger partial charge in [-0.15, -0.1) is 0 Å². The van der Waals surface area contributed by atoms with Gasteiger partial charge >= 0.3 is 0 Å². The van der Waals surface area contributed by atoms with Crippen LogP contribution in [-0.4, -0.2) is 0 Å². The van der Waals surface area contributed by atoms with Gasteiger partial charge in [-0.1, -0.05) is 40.2 Å². The van der Waals surface area contributed by atoms with Gasteiger partial charge in [0.2, 0.25) is 0 Å². The standard InChI is InChI=1S/C16H14BrFN2O/c1-9-11(5-3-6-12(9)17)15(20-19)14-8-10-4-2-7-13(18)16(10)21-14/h2-8,15,20H,19H2,1H3. The lowest BCUT2D eigenvalue weighted by Gasteiger charge is -2.17. The van der Waals surface area contributed by atoms with Gasteiger partial charge in [0, 0.05) is 9.86 Å². The summed E-state index contributed by atoms with van der Waals surface area (Å²) in [6, 6.07) is 12.2. The Balaban J connectivity index is 2.14. The Labute approximate surface area is 130 Å². The fraction of sp³-hybridized carbons (Fsp3) is 0.125. The molecule has 3 rings (SSSR count). The minimum atomic E-state index is -0.375. The van der Waals surface area contributed by atoms with Gasteiger partial charge in [0.15, 0.2) is 11.4 Å². The maximum absolute atomic E-state index is 13.8. The lowest BCUT2D eigenvalue weighted by atomic mass is 10.00. The highest BCUT2D eigenvalue weighted by Crippen LogP contribution is 2.32. The molecule has 0 fully saturated rings. The molecule has 3 aromatic rings. The van der Waals surface area contributed by atoms with Crippen molar-refractivity contribution in [1.29, 1.82) is 0 Å². The monoisotopic (exact) mass is 348 g/mol. The van der Waals surface area contributed by atoms with Crippen LogP contribution in [0.25, 0.3) is 11.0 Å². The zero-order chi connectivity index (χ0) is 15.0. The highest BCUT2D eigenvalue weighted by atomic mass is 79.9. The van der Waals surface area contributed by atoms with E-state index in [9.17, 15) is 4.39 Å². The molecule has 0 aliphatic rings. The number of furan rings is 1. The topological polar surface area (TPSA) is 51.2 Å². The van der Waals surface area contributed by atoms with Crippen molar-refractivity contribution in [2.75, 3.05) is 0 Å². The Morgan fingerprint density at radius 1 is 1.24 bits per heavy atom. The van der Waals surface area contributed by atoms with E-state index < -0.39 is 0 Å². The number of nitrogens with one attached hydrogen (secondary N) is 1. The largest absolute Gasteiger partial charge is 0.456 e. The molecule has 1 heterocycles. The molecule has 1 aromatic heterocycles. The summed E-state index contributed by atoms with van der Waals surface area (Å²) in [5.74, 6) is 5.90. The van der Waals surface area contributed by atoms with Crippen LogP contribution in [0.1, 0.15) is 22.9 Å². The van der Waals surface area contributed by atoms with E-state index >= 15 is 0 Å². The van der Waals surface area contributed by atoms with Gasteiger partial charge < -0.3 is 4.42 Å². The van der Waals surface area contributed by atoms with Gasteiger partial charge in [-0.05, 0) is 36.2 Å². The van der Waals surface area contributed by atoms with Crippen LogP contribution < -0.4 is 11.3 Å². The number of para-hydroxylation sites is 1. The lowest BCUT2D eigenvalue weighted by Crippen LogP contribution is -2.29. The number of fused-ring (bicyclic) bond motifs is 1. The first kappa shape index (κ1) is 14.3. The lowest BCUT2D eigenvalue weighted by molar-refractivity contribution is 0.464. The molecule has 0 amide bonds. The van der Waals surface area contributed by atoms with Crippen LogP contribution in [0.2, 0.25) is 0 Å². The Morgan fingerprint density at radius 2 is 2.00 bits per heavy atom. The van der Waals surface area contributed by atoms with Crippen LogP contribution in [-0.2, 0) is 0 Å². The van der Waals surface area contributed by atoms with Crippen molar-refractivity contribution in [3.63, 3.8) is 0 Å². The van der Waals surface area contributed by atoms with Gasteiger partial charge in [-0.3, -0.25) is 5.84 Å². The molecule has 1 unspecified atom stereocenters. The van der Waals surface area contributed by atoms with Crippen LogP contribution >= 0.6 is 15.9 Å². The Bertz CT molecular complexity index is 800. The number of hydrazine groups is 1. The van der Waals surface area contributed by atoms with Crippen LogP contribution in [0.5, 0.6) is 0 Å². The van der Waals surface area contributed by atoms with Crippen LogP contribution in [0.4, 0.5) is 4.39 Å². The second kappa shape index (κ2) is 5.60. The second-order valence-corrected chi connectivity index (χ2v) is 5.72. The first-order valence-electron chi connectivity index (χ1n) is 6.51. The summed E-state index contributed by atoms with van der Waals surface area (Å²) in [7, 11) is 0. The molecule has 0 bridgehead atoms. The van der Waals surface area contributed by atoms with Crippen molar-refractivity contribution in [1.82, 2.24) is 5.43 Å². The molecule has 0 radical (unpaired) electrons. The first-order valence-corrected chi connectivity index (χ1v) is 7.30. The Morgan fingerprint density at radius 3 is 2.71 bits per heavy atom. The number of benzene rings is 2. The van der Waals surface area contributed by atoms with E-state index in [0.717, 1.165) is 21.0 Å². The number of rotatable bonds is 3. The fourth-order valence-electron chi connectivity index (χ4n) is 2.45. The van der Waals surface area contributed by atoms with Gasteiger partial charge in [0.1, 0.15) is 11.8 Å². The van der Waals surface area contributed by atoms with Crippen molar-refractivity contribution >= 4 is 26.9 Å². The van der Waals surface area contributed by atoms with Crippen LogP contribution in [0.3, 0.4) is 0 Å². The van der Waals surface area contributed by atoms with Crippen molar-refractivity contribution < 1.29 is 8.81 Å². The minimum absolute atomic E-state index is 0.250. The third-order valence-electron chi connectivity index (χ3n) is 3.59. The van der Waals surface area contributed by atoms with Gasteiger partial charge in [-0.25, -0.2) is 9.82 Å². The van der Waals surface area contributed by atoms with E-state index in [1.807, 2.05) is 37.3 Å². The third kappa shape index (κ3) is 2.48. The quantitative estimate of drug-likeness (QED) is 0.551. The molecule has 3 N–H and O–H groups in total. The zero-order valence-electron chi connectivity index (χ0n) is 11.4. The molecule has 1 atom stereocenters. The van der Waals surface area contributed by atoms with Crippen molar-refractivity contribution in [3.05, 3.63) is 69.6 Å². The molecule has 0 aliphatic heterocycles. The third-order valence-corrected chi connectivity index (χ3v) is 4.45. The molecular formula is C16H14BrFN2O. The molecule has 3 nitrogen and oxygen atoms in total. The summed E-state index contributed by atoms with van der Waals surface area (Å²) in [6.45, 7) is 1.99. The molecule has 5 heteroatoms. The summed E-state index contributed by atoms with van der Waals surface area (Å²) >= 11 is 3.50. The summed E-state index contributed by atoms with van der Waals surface area (Å²) in [5, 5.41) is 0.720. The number of hydrogen-bond donors (Lipinski definition) is 2. The number of nitrogens with two attached hydrogens (primary N) is 1. The van der Waals surface area contributed by atoms with Crippen molar-refractivity contribution in [2.45, 2.75) is 13.0 Å². The molecular weight excluding hydrogens is 335 g/mol. The molecule has 0 saturated heterocycles. The van der Waals surface area contributed by atoms with E-state index in [4.69, 9.17) is 10.3 Å². The van der Waals surface area contributed by atoms with Crippen LogP contribution in [0.15, 0.2) is 51.4 Å². The molecule has 0 saturated carbocycles. The van der Waals surface area contributed by atoms with Crippen LogP contribution in [0, 0.1) is 12.7 Å². The first-order chi connectivity index (χ1) is 10.1. The van der Waals surface area contributed by atoms with E-state index in [0.29, 0.717) is 5.76 Å². The van der Waals surface area contributed by atoms with E-state index in [2.05, 4.69) is 21.4 Å². The predicted molar refractivity (Wildman–Crippen MR) is 84.2 cm³/mol. The van der Waals surface area contributed by atoms with Crippen molar-refractivity contribution in [2.24, 2.45) is 5.84 Å².